The zero-order valence-corrected chi connectivity index (χ0v) is 6.32. The van der Waals surface area contributed by atoms with Crippen molar-refractivity contribution in [2.24, 2.45) is 0 Å². The smallest absolute Gasteiger partial charge is 0.144 e. The van der Waals surface area contributed by atoms with Crippen molar-refractivity contribution < 1.29 is 9.68 Å². The van der Waals surface area contributed by atoms with E-state index in [1.54, 1.807) is 6.08 Å². The third-order valence-corrected chi connectivity index (χ3v) is 1.29. The molecule has 1 aliphatic carbocycles. The average Bonchev–Trinajstić information content (AvgIpc) is 2.06. The van der Waals surface area contributed by atoms with Gasteiger partial charge in [0.15, 0.2) is 0 Å². The molecule has 4 heteroatoms. The lowest BCUT2D eigenvalue weighted by molar-refractivity contribution is -0.298. The van der Waals surface area contributed by atoms with Gasteiger partial charge in [-0.25, -0.2) is 0 Å². The van der Waals surface area contributed by atoms with Crippen molar-refractivity contribution in [1.29, 1.82) is 0 Å². The second-order valence-electron chi connectivity index (χ2n) is 2.08. The lowest BCUT2D eigenvalue weighted by Gasteiger charge is -2.24. The Morgan fingerprint density at radius 1 is 1.55 bits per heavy atom. The quantitative estimate of drug-likeness (QED) is 0.581. The van der Waals surface area contributed by atoms with Crippen LogP contribution in [0.1, 0.15) is 12.8 Å². The van der Waals surface area contributed by atoms with Crippen molar-refractivity contribution in [2.45, 2.75) is 12.8 Å². The van der Waals surface area contributed by atoms with Crippen LogP contribution in [0, 0.1) is 5.21 Å². The molecule has 0 spiro atoms. The zero-order valence-electron chi connectivity index (χ0n) is 6.32. The first-order valence-electron chi connectivity index (χ1n) is 3.39. The molecule has 0 fully saturated rings. The molecule has 0 amide bonds. The summed E-state index contributed by atoms with van der Waals surface area (Å²) in [6, 6.07) is 0. The minimum atomic E-state index is 0.0709. The van der Waals surface area contributed by atoms with Gasteiger partial charge in [-0.1, -0.05) is 11.5 Å². The first-order chi connectivity index (χ1) is 5.33. The van der Waals surface area contributed by atoms with Crippen LogP contribution in [-0.2, 0) is 9.68 Å². The van der Waals surface area contributed by atoms with E-state index in [1.165, 1.54) is 7.11 Å². The molecule has 0 aromatic rings. The lowest BCUT2D eigenvalue weighted by Crippen LogP contribution is -2.14. The summed E-state index contributed by atoms with van der Waals surface area (Å²) in [4.78, 5) is 8.90. The summed E-state index contributed by atoms with van der Waals surface area (Å²) >= 11 is 0. The summed E-state index contributed by atoms with van der Waals surface area (Å²) in [5.41, 5.74) is 0. The predicted molar refractivity (Wildman–Crippen MR) is 39.8 cm³/mol. The maximum absolute atomic E-state index is 10.5. The zero-order chi connectivity index (χ0) is 8.10. The molecular formula is C7H10NO3-. The molecule has 11 heavy (non-hydrogen) atoms. The first kappa shape index (κ1) is 8.26. The van der Waals surface area contributed by atoms with Crippen molar-refractivity contribution in [3.05, 3.63) is 29.2 Å². The van der Waals surface area contributed by atoms with Crippen molar-refractivity contribution in [3.63, 3.8) is 0 Å². The molecule has 0 unspecified atom stereocenters. The summed E-state index contributed by atoms with van der Waals surface area (Å²) < 4.78 is 0. The fourth-order valence-corrected chi connectivity index (χ4v) is 0.780. The van der Waals surface area contributed by atoms with Crippen LogP contribution in [0.25, 0.3) is 0 Å². The third-order valence-electron chi connectivity index (χ3n) is 1.29. The van der Waals surface area contributed by atoms with Gasteiger partial charge in [-0.05, 0) is 25.0 Å². The van der Waals surface area contributed by atoms with Crippen molar-refractivity contribution >= 4 is 0 Å². The van der Waals surface area contributed by atoms with Gasteiger partial charge in [0.25, 0.3) is 0 Å². The van der Waals surface area contributed by atoms with Crippen LogP contribution in [0.4, 0.5) is 0 Å². The molecule has 1 rings (SSSR count). The van der Waals surface area contributed by atoms with E-state index in [4.69, 9.17) is 0 Å². The fraction of sp³-hybridized carbons (Fsp3) is 0.429. The Labute approximate surface area is 65.2 Å². The second-order valence-corrected chi connectivity index (χ2v) is 2.08. The molecule has 4 nitrogen and oxygen atoms in total. The first-order valence-corrected chi connectivity index (χ1v) is 3.39. The van der Waals surface area contributed by atoms with Gasteiger partial charge in [-0.2, -0.15) is 0 Å². The van der Waals surface area contributed by atoms with Gasteiger partial charge in [0, 0.05) is 0 Å². The SMILES string of the molecule is CON([O-])OC1=CCCC=C1. The Morgan fingerprint density at radius 2 is 2.36 bits per heavy atom. The number of hydrogen-bond donors (Lipinski definition) is 0. The number of hydrogen-bond acceptors (Lipinski definition) is 4. The minimum absolute atomic E-state index is 0.0709. The Balaban J connectivity index is 2.36. The summed E-state index contributed by atoms with van der Waals surface area (Å²) in [5.74, 6) is 0.535. The van der Waals surface area contributed by atoms with E-state index in [0.717, 1.165) is 12.8 Å². The maximum atomic E-state index is 10.5. The highest BCUT2D eigenvalue weighted by atomic mass is 17.1. The minimum Gasteiger partial charge on any atom is -0.728 e. The highest BCUT2D eigenvalue weighted by Crippen LogP contribution is 2.11. The fourth-order valence-electron chi connectivity index (χ4n) is 0.780. The summed E-state index contributed by atoms with van der Waals surface area (Å²) in [6.07, 6.45) is 7.43. The van der Waals surface area contributed by atoms with Crippen molar-refractivity contribution in [3.8, 4) is 0 Å². The molecule has 0 aromatic carbocycles. The topological polar surface area (TPSA) is 44.8 Å². The van der Waals surface area contributed by atoms with E-state index in [9.17, 15) is 5.21 Å². The molecule has 0 saturated carbocycles. The van der Waals surface area contributed by atoms with Gasteiger partial charge in [0.1, 0.15) is 5.76 Å². The summed E-state index contributed by atoms with van der Waals surface area (Å²) in [7, 11) is 1.25. The van der Waals surface area contributed by atoms with Crippen LogP contribution in [-0.4, -0.2) is 12.5 Å². The van der Waals surface area contributed by atoms with Crippen LogP contribution in [0.5, 0.6) is 0 Å². The van der Waals surface area contributed by atoms with Gasteiger partial charge in [0.05, 0.1) is 7.11 Å². The molecule has 0 aromatic heterocycles. The van der Waals surface area contributed by atoms with E-state index in [0.29, 0.717) is 5.76 Å². The standard InChI is InChI=1S/C7H10NO3/c1-10-8(9)11-7-5-3-2-4-6-7/h3,5-6H,2,4H2,1H3/q-1. The molecule has 0 aliphatic heterocycles. The van der Waals surface area contributed by atoms with Crippen molar-refractivity contribution in [1.82, 2.24) is 5.39 Å². The predicted octanol–water partition coefficient (Wildman–Crippen LogP) is 1.51. The molecule has 1 aliphatic rings. The van der Waals surface area contributed by atoms with Gasteiger partial charge in [0.2, 0.25) is 0 Å². The van der Waals surface area contributed by atoms with Gasteiger partial charge < -0.3 is 10.0 Å². The molecule has 0 heterocycles. The van der Waals surface area contributed by atoms with E-state index in [-0.39, 0.29) is 5.39 Å². The third kappa shape index (κ3) is 2.71. The van der Waals surface area contributed by atoms with E-state index < -0.39 is 0 Å². The Morgan fingerprint density at radius 3 is 2.91 bits per heavy atom. The monoisotopic (exact) mass is 156 g/mol. The largest absolute Gasteiger partial charge is 0.728 e. The average molecular weight is 156 g/mol. The Hall–Kier alpha value is -0.840. The Bertz CT molecular complexity index is 177. The van der Waals surface area contributed by atoms with Crippen LogP contribution in [0.15, 0.2) is 24.0 Å². The van der Waals surface area contributed by atoms with E-state index in [1.807, 2.05) is 12.2 Å². The van der Waals surface area contributed by atoms with Gasteiger partial charge in [-0.15, -0.1) is 0 Å². The van der Waals surface area contributed by atoms with Crippen LogP contribution >= 0.6 is 0 Å². The Kier molecular flexibility index (Phi) is 3.10. The molecule has 62 valence electrons. The van der Waals surface area contributed by atoms with E-state index in [2.05, 4.69) is 9.68 Å². The lowest BCUT2D eigenvalue weighted by atomic mass is 10.2. The van der Waals surface area contributed by atoms with Crippen LogP contribution in [0.3, 0.4) is 0 Å². The molecular weight excluding hydrogens is 146 g/mol. The molecule has 0 saturated heterocycles. The second kappa shape index (κ2) is 4.12. The summed E-state index contributed by atoms with van der Waals surface area (Å²) in [6.45, 7) is 0. The van der Waals surface area contributed by atoms with Crippen LogP contribution < -0.4 is 0 Å². The van der Waals surface area contributed by atoms with Crippen LogP contribution in [0.2, 0.25) is 0 Å². The van der Waals surface area contributed by atoms with Crippen molar-refractivity contribution in [2.75, 3.05) is 7.11 Å². The highest BCUT2D eigenvalue weighted by Gasteiger charge is 1.98. The molecule has 0 bridgehead atoms. The van der Waals surface area contributed by atoms with Gasteiger partial charge in [-0.3, -0.25) is 4.84 Å². The number of rotatable bonds is 3. The number of allylic oxidation sites excluding steroid dienone is 3. The van der Waals surface area contributed by atoms with E-state index >= 15 is 0 Å². The summed E-state index contributed by atoms with van der Waals surface area (Å²) in [5, 5.41) is 10.5. The maximum Gasteiger partial charge on any atom is 0.144 e. The molecule has 0 radical (unpaired) electrons. The molecule has 0 atom stereocenters. The number of nitrogens with zero attached hydrogens (tertiary/aromatic N) is 1. The molecule has 0 N–H and O–H groups in total. The highest BCUT2D eigenvalue weighted by molar-refractivity contribution is 5.15. The van der Waals surface area contributed by atoms with Gasteiger partial charge >= 0.3 is 0 Å². The normalized spacial score (nSPS) is 16.8.